The summed E-state index contributed by atoms with van der Waals surface area (Å²) in [4.78, 5) is 25.7. The molecule has 3 fully saturated rings. The average molecular weight is 280 g/mol. The average Bonchev–Trinajstić information content (AvgIpc) is 2.76. The highest BCUT2D eigenvalue weighted by Crippen LogP contribution is 2.64. The number of ether oxygens (including phenoxy) is 2. The van der Waals surface area contributed by atoms with E-state index in [-0.39, 0.29) is 23.3 Å². The lowest BCUT2D eigenvalue weighted by Crippen LogP contribution is -2.65. The molecule has 1 saturated heterocycles. The number of hydrogen-bond donors (Lipinski definition) is 0. The van der Waals surface area contributed by atoms with E-state index in [1.807, 2.05) is 6.92 Å². The number of fused-ring (bicyclic) bond motifs is 1. The van der Waals surface area contributed by atoms with Crippen LogP contribution in [0.4, 0.5) is 0 Å². The Labute approximate surface area is 120 Å². The largest absolute Gasteiger partial charge is 0.422 e. The Hall–Kier alpha value is -1.06. The van der Waals surface area contributed by atoms with Gasteiger partial charge >= 0.3 is 11.9 Å². The molecular weight excluding hydrogens is 256 g/mol. The molecule has 3 aliphatic rings. The van der Waals surface area contributed by atoms with Crippen molar-refractivity contribution < 1.29 is 19.1 Å². The van der Waals surface area contributed by atoms with Crippen molar-refractivity contribution in [2.24, 2.45) is 16.7 Å². The maximum atomic E-state index is 12.8. The zero-order valence-electron chi connectivity index (χ0n) is 12.7. The first-order chi connectivity index (χ1) is 9.34. The van der Waals surface area contributed by atoms with Crippen LogP contribution in [0.1, 0.15) is 65.7 Å². The smallest absolute Gasteiger partial charge is 0.327 e. The molecule has 20 heavy (non-hydrogen) atoms. The summed E-state index contributed by atoms with van der Waals surface area (Å²) in [6.07, 6.45) is 7.02. The molecule has 2 aliphatic carbocycles. The monoisotopic (exact) mass is 280 g/mol. The van der Waals surface area contributed by atoms with Gasteiger partial charge in [-0.2, -0.15) is 0 Å². The first-order valence-electron chi connectivity index (χ1n) is 7.81. The van der Waals surface area contributed by atoms with E-state index in [9.17, 15) is 9.59 Å². The van der Waals surface area contributed by atoms with E-state index < -0.39 is 11.2 Å². The van der Waals surface area contributed by atoms with Crippen molar-refractivity contribution in [3.63, 3.8) is 0 Å². The molecule has 0 aromatic carbocycles. The number of carbonyl (C=O) groups is 2. The Morgan fingerprint density at radius 3 is 2.00 bits per heavy atom. The summed E-state index contributed by atoms with van der Waals surface area (Å²) < 4.78 is 11.0. The van der Waals surface area contributed by atoms with Crippen LogP contribution in [-0.4, -0.2) is 17.7 Å². The minimum Gasteiger partial charge on any atom is -0.422 e. The summed E-state index contributed by atoms with van der Waals surface area (Å²) in [5, 5.41) is 0. The summed E-state index contributed by atoms with van der Waals surface area (Å²) >= 11 is 0. The normalized spacial score (nSPS) is 34.0. The molecule has 3 rings (SSSR count). The van der Waals surface area contributed by atoms with Gasteiger partial charge in [-0.15, -0.1) is 0 Å². The quantitative estimate of drug-likeness (QED) is 0.505. The van der Waals surface area contributed by atoms with E-state index >= 15 is 0 Å². The second-order valence-electron chi connectivity index (χ2n) is 7.27. The van der Waals surface area contributed by atoms with Gasteiger partial charge in [-0.25, -0.2) is 0 Å². The summed E-state index contributed by atoms with van der Waals surface area (Å²) in [5.41, 5.74) is -1.29. The molecule has 2 spiro atoms. The van der Waals surface area contributed by atoms with Crippen molar-refractivity contribution >= 4 is 11.9 Å². The zero-order valence-corrected chi connectivity index (χ0v) is 12.7. The highest BCUT2D eigenvalue weighted by Gasteiger charge is 2.70. The van der Waals surface area contributed by atoms with E-state index in [4.69, 9.17) is 9.47 Å². The van der Waals surface area contributed by atoms with Gasteiger partial charge < -0.3 is 9.47 Å². The topological polar surface area (TPSA) is 52.6 Å². The van der Waals surface area contributed by atoms with E-state index in [0.717, 1.165) is 44.9 Å². The van der Waals surface area contributed by atoms with Crippen LogP contribution in [-0.2, 0) is 19.1 Å². The van der Waals surface area contributed by atoms with Gasteiger partial charge in [-0.05, 0) is 37.0 Å². The van der Waals surface area contributed by atoms with Gasteiger partial charge in [-0.1, -0.05) is 26.2 Å². The van der Waals surface area contributed by atoms with Crippen molar-refractivity contribution in [3.05, 3.63) is 0 Å². The van der Waals surface area contributed by atoms with Gasteiger partial charge in [0.1, 0.15) is 0 Å². The summed E-state index contributed by atoms with van der Waals surface area (Å²) in [5.74, 6) is -1.80. The Kier molecular flexibility index (Phi) is 2.93. The third-order valence-corrected chi connectivity index (χ3v) is 5.75. The van der Waals surface area contributed by atoms with Gasteiger partial charge in [-0.3, -0.25) is 9.59 Å². The van der Waals surface area contributed by atoms with Gasteiger partial charge in [0, 0.05) is 13.8 Å². The molecule has 112 valence electrons. The lowest BCUT2D eigenvalue weighted by Gasteiger charge is -2.55. The fourth-order valence-electron chi connectivity index (χ4n) is 4.93. The van der Waals surface area contributed by atoms with Crippen molar-refractivity contribution in [2.45, 2.75) is 71.5 Å². The summed E-state index contributed by atoms with van der Waals surface area (Å²) in [6.45, 7) is 5.27. The molecule has 4 heteroatoms. The first kappa shape index (κ1) is 13.9. The molecule has 1 atom stereocenters. The van der Waals surface area contributed by atoms with E-state index in [1.165, 1.54) is 0 Å². The fourth-order valence-corrected chi connectivity index (χ4v) is 4.93. The van der Waals surface area contributed by atoms with Crippen LogP contribution in [0.3, 0.4) is 0 Å². The molecule has 4 nitrogen and oxygen atoms in total. The predicted octanol–water partition coefficient (Wildman–Crippen LogP) is 3.19. The number of rotatable bonds is 0. The molecule has 0 aromatic heterocycles. The van der Waals surface area contributed by atoms with Crippen LogP contribution in [0.15, 0.2) is 0 Å². The molecule has 0 aromatic rings. The maximum Gasteiger partial charge on any atom is 0.327 e. The standard InChI is InChI=1S/C16H24O4/c1-11-7-6-10-15(8-4-5-9-15)16(11)12(17)19-14(2,3)20-13(16)18/h11H,4-10H2,1-3H3. The van der Waals surface area contributed by atoms with Gasteiger partial charge in [0.15, 0.2) is 5.41 Å². The SMILES string of the molecule is CC1CCCC2(CCCC2)C12C(=O)OC(C)(C)OC2=O. The molecule has 2 saturated carbocycles. The van der Waals surface area contributed by atoms with Gasteiger partial charge in [0.2, 0.25) is 0 Å². The Morgan fingerprint density at radius 1 is 0.950 bits per heavy atom. The summed E-state index contributed by atoms with van der Waals surface area (Å²) in [6, 6.07) is 0. The van der Waals surface area contributed by atoms with E-state index in [1.54, 1.807) is 13.8 Å². The minimum atomic E-state index is -1.13. The van der Waals surface area contributed by atoms with Crippen molar-refractivity contribution in [2.75, 3.05) is 0 Å². The second kappa shape index (κ2) is 4.22. The highest BCUT2D eigenvalue weighted by atomic mass is 16.7. The molecular formula is C16H24O4. The van der Waals surface area contributed by atoms with Crippen LogP contribution in [0, 0.1) is 16.7 Å². The fraction of sp³-hybridized carbons (Fsp3) is 0.875. The minimum absolute atomic E-state index is 0.00505. The number of carbonyl (C=O) groups excluding carboxylic acids is 2. The first-order valence-corrected chi connectivity index (χ1v) is 7.81. The molecule has 1 heterocycles. The zero-order chi connectivity index (χ0) is 14.6. The molecule has 0 radical (unpaired) electrons. The molecule has 1 aliphatic heterocycles. The lowest BCUT2D eigenvalue weighted by molar-refractivity contribution is -0.270. The molecule has 0 bridgehead atoms. The van der Waals surface area contributed by atoms with Crippen LogP contribution in [0.2, 0.25) is 0 Å². The predicted molar refractivity (Wildman–Crippen MR) is 72.6 cm³/mol. The van der Waals surface area contributed by atoms with Crippen LogP contribution in [0.25, 0.3) is 0 Å². The highest BCUT2D eigenvalue weighted by molar-refractivity contribution is 6.03. The van der Waals surface area contributed by atoms with Crippen molar-refractivity contribution in [1.82, 2.24) is 0 Å². The summed E-state index contributed by atoms with van der Waals surface area (Å²) in [7, 11) is 0. The lowest BCUT2D eigenvalue weighted by atomic mass is 9.50. The molecule has 0 N–H and O–H groups in total. The van der Waals surface area contributed by atoms with E-state index in [2.05, 4.69) is 0 Å². The van der Waals surface area contributed by atoms with E-state index in [0.29, 0.717) is 0 Å². The Morgan fingerprint density at radius 2 is 1.45 bits per heavy atom. The van der Waals surface area contributed by atoms with Crippen LogP contribution < -0.4 is 0 Å². The van der Waals surface area contributed by atoms with Crippen LogP contribution >= 0.6 is 0 Å². The van der Waals surface area contributed by atoms with Gasteiger partial charge in [0.25, 0.3) is 5.79 Å². The van der Waals surface area contributed by atoms with Crippen molar-refractivity contribution in [1.29, 1.82) is 0 Å². The third kappa shape index (κ3) is 1.60. The number of esters is 2. The van der Waals surface area contributed by atoms with Crippen molar-refractivity contribution in [3.8, 4) is 0 Å². The molecule has 0 amide bonds. The van der Waals surface area contributed by atoms with Gasteiger partial charge in [0.05, 0.1) is 0 Å². The third-order valence-electron chi connectivity index (χ3n) is 5.75. The second-order valence-corrected chi connectivity index (χ2v) is 7.27. The molecule has 1 unspecified atom stereocenters. The van der Waals surface area contributed by atoms with Crippen LogP contribution in [0.5, 0.6) is 0 Å². The number of hydrogen-bond acceptors (Lipinski definition) is 4. The Balaban J connectivity index is 2.10. The maximum absolute atomic E-state index is 12.8. The number of cyclic esters (lactones) is 2. The Bertz CT molecular complexity index is 425.